The van der Waals surface area contributed by atoms with E-state index < -0.39 is 29.5 Å². The van der Waals surface area contributed by atoms with Crippen molar-refractivity contribution in [2.75, 3.05) is 6.54 Å². The van der Waals surface area contributed by atoms with Crippen LogP contribution in [0.4, 0.5) is 0 Å². The van der Waals surface area contributed by atoms with E-state index in [4.69, 9.17) is 10.6 Å². The second kappa shape index (κ2) is 5.01. The molecule has 6 heteroatoms. The molecule has 2 atom stereocenters. The zero-order valence-electron chi connectivity index (χ0n) is 10.5. The van der Waals surface area contributed by atoms with Gasteiger partial charge in [0.1, 0.15) is 11.5 Å². The van der Waals surface area contributed by atoms with Crippen LogP contribution in [0, 0.1) is 5.92 Å². The fourth-order valence-electron chi connectivity index (χ4n) is 1.68. The average molecular weight is 244 g/mol. The van der Waals surface area contributed by atoms with Gasteiger partial charge in [0.2, 0.25) is 0 Å². The first-order valence-corrected chi connectivity index (χ1v) is 5.67. The molecule has 1 amide bonds. The maximum absolute atomic E-state index is 11.8. The highest BCUT2D eigenvalue weighted by Gasteiger charge is 2.36. The molecule has 0 aromatic carbocycles. The van der Waals surface area contributed by atoms with Crippen LogP contribution in [-0.4, -0.2) is 40.2 Å². The van der Waals surface area contributed by atoms with Crippen molar-refractivity contribution in [2.45, 2.75) is 45.3 Å². The number of carbonyl (C=O) groups is 2. The zero-order valence-corrected chi connectivity index (χ0v) is 10.5. The van der Waals surface area contributed by atoms with E-state index in [0.29, 0.717) is 6.42 Å². The third kappa shape index (κ3) is 3.98. The number of rotatable bonds is 1. The normalized spacial score (nSPS) is 26.6. The Morgan fingerprint density at radius 3 is 2.59 bits per heavy atom. The summed E-state index contributed by atoms with van der Waals surface area (Å²) in [6.45, 7) is 5.27. The molecule has 3 N–H and O–H groups in total. The smallest absolute Gasteiger partial charge is 0.319 e. The van der Waals surface area contributed by atoms with E-state index in [1.165, 1.54) is 0 Å². The molecule has 0 bridgehead atoms. The van der Waals surface area contributed by atoms with Crippen LogP contribution in [0.15, 0.2) is 0 Å². The summed E-state index contributed by atoms with van der Waals surface area (Å²) in [5.74, 6) is 3.50. The number of nitrogens with two attached hydrogens (primary N) is 1. The molecule has 0 radical (unpaired) electrons. The van der Waals surface area contributed by atoms with E-state index in [0.717, 1.165) is 5.01 Å². The lowest BCUT2D eigenvalue weighted by atomic mass is 10.0. The summed E-state index contributed by atoms with van der Waals surface area (Å²) in [6, 6.07) is 0. The molecule has 1 heterocycles. The van der Waals surface area contributed by atoms with Crippen LogP contribution in [0.2, 0.25) is 0 Å². The van der Waals surface area contributed by atoms with Crippen LogP contribution in [0.1, 0.15) is 33.6 Å². The predicted octanol–water partition coefficient (Wildman–Crippen LogP) is -0.199. The highest BCUT2D eigenvalue weighted by atomic mass is 16.6. The first kappa shape index (κ1) is 13.9. The first-order chi connectivity index (χ1) is 7.70. The third-order valence-electron chi connectivity index (χ3n) is 2.47. The van der Waals surface area contributed by atoms with Crippen LogP contribution >= 0.6 is 0 Å². The lowest BCUT2D eigenvalue weighted by Crippen LogP contribution is -2.45. The maximum Gasteiger partial charge on any atom is 0.319 e. The third-order valence-corrected chi connectivity index (χ3v) is 2.47. The van der Waals surface area contributed by atoms with E-state index in [-0.39, 0.29) is 13.0 Å². The molecule has 1 fully saturated rings. The van der Waals surface area contributed by atoms with Crippen LogP contribution in [0.25, 0.3) is 0 Å². The van der Waals surface area contributed by atoms with Crippen molar-refractivity contribution in [1.82, 2.24) is 5.01 Å². The van der Waals surface area contributed by atoms with Crippen molar-refractivity contribution < 1.29 is 19.4 Å². The Kier molecular flexibility index (Phi) is 4.11. The monoisotopic (exact) mass is 244 g/mol. The molecule has 1 saturated heterocycles. The summed E-state index contributed by atoms with van der Waals surface area (Å²) in [5.41, 5.74) is -0.637. The fourth-order valence-corrected chi connectivity index (χ4v) is 1.68. The van der Waals surface area contributed by atoms with Crippen molar-refractivity contribution in [1.29, 1.82) is 0 Å². The molecular weight excluding hydrogens is 224 g/mol. The summed E-state index contributed by atoms with van der Waals surface area (Å²) in [4.78, 5) is 23.6. The highest BCUT2D eigenvalue weighted by Crippen LogP contribution is 2.20. The van der Waals surface area contributed by atoms with E-state index in [2.05, 4.69) is 0 Å². The second-order valence-electron chi connectivity index (χ2n) is 5.31. The van der Waals surface area contributed by atoms with Crippen molar-refractivity contribution >= 4 is 11.9 Å². The maximum atomic E-state index is 11.8. The number of nitrogens with zero attached hydrogens (tertiary/aromatic N) is 1. The van der Waals surface area contributed by atoms with Crippen LogP contribution in [0.3, 0.4) is 0 Å². The molecule has 0 aromatic rings. The highest BCUT2D eigenvalue weighted by molar-refractivity contribution is 5.97. The molecule has 6 nitrogen and oxygen atoms in total. The minimum absolute atomic E-state index is 0.0537. The topological polar surface area (TPSA) is 92.9 Å². The Bertz CT molecular complexity index is 311. The number of esters is 1. The summed E-state index contributed by atoms with van der Waals surface area (Å²) in [7, 11) is 0. The predicted molar refractivity (Wildman–Crippen MR) is 60.5 cm³/mol. The van der Waals surface area contributed by atoms with Gasteiger partial charge in [-0.2, -0.15) is 0 Å². The van der Waals surface area contributed by atoms with Crippen LogP contribution < -0.4 is 5.84 Å². The van der Waals surface area contributed by atoms with Gasteiger partial charge in [-0.3, -0.25) is 14.6 Å². The van der Waals surface area contributed by atoms with Gasteiger partial charge in [0.15, 0.2) is 0 Å². The summed E-state index contributed by atoms with van der Waals surface area (Å²) in [6.07, 6.45) is -0.0530. The van der Waals surface area contributed by atoms with Crippen molar-refractivity contribution in [3.05, 3.63) is 0 Å². The molecule has 0 saturated carbocycles. The number of amides is 1. The fraction of sp³-hybridized carbons (Fsp3) is 0.818. The van der Waals surface area contributed by atoms with Crippen molar-refractivity contribution in [3.8, 4) is 0 Å². The minimum Gasteiger partial charge on any atom is -0.459 e. The molecule has 0 aliphatic carbocycles. The molecular formula is C11H20N2O4. The van der Waals surface area contributed by atoms with E-state index in [1.54, 1.807) is 20.8 Å². The number of hydrogen-bond donors (Lipinski definition) is 2. The quantitative estimate of drug-likeness (QED) is 0.288. The van der Waals surface area contributed by atoms with Gasteiger partial charge in [0.05, 0.1) is 12.6 Å². The lowest BCUT2D eigenvalue weighted by molar-refractivity contribution is -0.164. The van der Waals surface area contributed by atoms with Gasteiger partial charge in [0, 0.05) is 0 Å². The number of β-amino-alcohol motifs (C(OH)–C–C–N with tert-alkyl or cyclic N) is 1. The van der Waals surface area contributed by atoms with Crippen LogP contribution in [-0.2, 0) is 14.3 Å². The number of ether oxygens (including phenoxy) is 1. The summed E-state index contributed by atoms with van der Waals surface area (Å²) >= 11 is 0. The Balaban J connectivity index is 2.74. The van der Waals surface area contributed by atoms with Gasteiger partial charge in [-0.15, -0.1) is 0 Å². The van der Waals surface area contributed by atoms with Gasteiger partial charge in [-0.25, -0.2) is 5.84 Å². The molecule has 98 valence electrons. The van der Waals surface area contributed by atoms with Crippen molar-refractivity contribution in [3.63, 3.8) is 0 Å². The van der Waals surface area contributed by atoms with E-state index >= 15 is 0 Å². The molecule has 0 spiro atoms. The summed E-state index contributed by atoms with van der Waals surface area (Å²) in [5, 5.41) is 10.4. The van der Waals surface area contributed by atoms with Gasteiger partial charge in [-0.1, -0.05) is 0 Å². The van der Waals surface area contributed by atoms with E-state index in [9.17, 15) is 14.7 Å². The number of aliphatic hydroxyl groups is 1. The van der Waals surface area contributed by atoms with Gasteiger partial charge >= 0.3 is 5.97 Å². The van der Waals surface area contributed by atoms with Crippen LogP contribution in [0.5, 0.6) is 0 Å². The summed E-state index contributed by atoms with van der Waals surface area (Å²) < 4.78 is 5.16. The van der Waals surface area contributed by atoms with E-state index in [1.807, 2.05) is 0 Å². The Labute approximate surface area is 101 Å². The first-order valence-electron chi connectivity index (χ1n) is 5.67. The lowest BCUT2D eigenvalue weighted by Gasteiger charge is -2.24. The van der Waals surface area contributed by atoms with Crippen molar-refractivity contribution in [2.24, 2.45) is 11.8 Å². The minimum atomic E-state index is -0.906. The van der Waals surface area contributed by atoms with Gasteiger partial charge in [0.25, 0.3) is 5.91 Å². The SMILES string of the molecule is CC(C)(C)OC(=O)[C@H]1CC[C@@H](O)CN(N)C1=O. The number of carbonyl (C=O) groups excluding carboxylic acids is 2. The molecule has 0 aromatic heterocycles. The zero-order chi connectivity index (χ0) is 13.2. The number of aliphatic hydroxyl groups excluding tert-OH is 1. The number of hydrazine groups is 1. The van der Waals surface area contributed by atoms with Gasteiger partial charge in [-0.05, 0) is 33.6 Å². The molecule has 1 aliphatic heterocycles. The molecule has 1 aliphatic rings. The standard InChI is InChI=1S/C11H20N2O4/c1-11(2,3)17-10(16)8-5-4-7(14)6-13(12)9(8)15/h7-8,14H,4-6,12H2,1-3H3/t7-,8+/m1/s1. The number of hydrogen-bond acceptors (Lipinski definition) is 5. The molecule has 1 rings (SSSR count). The molecule has 0 unspecified atom stereocenters. The Morgan fingerprint density at radius 2 is 2.06 bits per heavy atom. The molecule has 17 heavy (non-hydrogen) atoms. The average Bonchev–Trinajstić information content (AvgIpc) is 2.25. The second-order valence-corrected chi connectivity index (χ2v) is 5.31. The Hall–Kier alpha value is -1.14. The Morgan fingerprint density at radius 1 is 1.47 bits per heavy atom. The largest absolute Gasteiger partial charge is 0.459 e. The van der Waals surface area contributed by atoms with Gasteiger partial charge < -0.3 is 9.84 Å².